The van der Waals surface area contributed by atoms with Crippen LogP contribution in [0.1, 0.15) is 32.3 Å². The molecule has 0 aliphatic carbocycles. The van der Waals surface area contributed by atoms with Crippen molar-refractivity contribution in [2.45, 2.75) is 33.6 Å². The van der Waals surface area contributed by atoms with Crippen LogP contribution in [0, 0.1) is 6.92 Å². The minimum atomic E-state index is -4.17. The number of allylic oxidation sites excluding steroid dienone is 1. The number of aryl methyl sites for hydroxylation is 1. The van der Waals surface area contributed by atoms with Gasteiger partial charge in [0, 0.05) is 11.3 Å². The van der Waals surface area contributed by atoms with Crippen LogP contribution in [-0.4, -0.2) is 21.9 Å². The first kappa shape index (κ1) is 17.6. The van der Waals surface area contributed by atoms with Crippen LogP contribution in [0.25, 0.3) is 0 Å². The van der Waals surface area contributed by atoms with Crippen molar-refractivity contribution in [3.8, 4) is 0 Å². The molecule has 6 heteroatoms. The predicted octanol–water partition coefficient (Wildman–Crippen LogP) is 3.23. The molecule has 0 aromatic heterocycles. The van der Waals surface area contributed by atoms with Gasteiger partial charge in [-0.25, -0.2) is 0 Å². The van der Waals surface area contributed by atoms with Crippen LogP contribution >= 0.6 is 7.60 Å². The Kier molecular flexibility index (Phi) is 6.34. The maximum Gasteiger partial charge on any atom is 0.329 e. The highest BCUT2D eigenvalue weighted by Gasteiger charge is 2.21. The SMILES string of the molecule is CCC(CP(=O)(O)O)=C(CC)C(=O)Nc1ccccc1C. The first-order chi connectivity index (χ1) is 9.78. The Morgan fingerprint density at radius 3 is 2.29 bits per heavy atom. The normalized spacial score (nSPS) is 12.8. The van der Waals surface area contributed by atoms with Gasteiger partial charge < -0.3 is 15.1 Å². The Balaban J connectivity index is 3.05. The summed E-state index contributed by atoms with van der Waals surface area (Å²) in [6.07, 6.45) is 0.504. The summed E-state index contributed by atoms with van der Waals surface area (Å²) in [5.74, 6) is -0.294. The van der Waals surface area contributed by atoms with Crippen molar-refractivity contribution in [1.82, 2.24) is 0 Å². The van der Waals surface area contributed by atoms with Crippen LogP contribution in [0.3, 0.4) is 0 Å². The highest BCUT2D eigenvalue weighted by Crippen LogP contribution is 2.38. The van der Waals surface area contributed by atoms with Crippen LogP contribution in [0.4, 0.5) is 5.69 Å². The summed E-state index contributed by atoms with van der Waals surface area (Å²) < 4.78 is 11.2. The first-order valence-electron chi connectivity index (χ1n) is 6.91. The van der Waals surface area contributed by atoms with Crippen LogP contribution in [0.5, 0.6) is 0 Å². The summed E-state index contributed by atoms with van der Waals surface area (Å²) in [6, 6.07) is 7.40. The molecule has 1 amide bonds. The molecule has 21 heavy (non-hydrogen) atoms. The zero-order valence-electron chi connectivity index (χ0n) is 12.6. The second kappa shape index (κ2) is 7.55. The van der Waals surface area contributed by atoms with Crippen molar-refractivity contribution in [2.24, 2.45) is 0 Å². The molecular formula is C15H22NO4P. The summed E-state index contributed by atoms with van der Waals surface area (Å²) in [5, 5.41) is 2.81. The van der Waals surface area contributed by atoms with Gasteiger partial charge in [0.25, 0.3) is 5.91 Å². The van der Waals surface area contributed by atoms with E-state index in [1.165, 1.54) is 0 Å². The Bertz CT molecular complexity index is 589. The fourth-order valence-corrected chi connectivity index (χ4v) is 3.06. The third kappa shape index (κ3) is 5.46. The van der Waals surface area contributed by atoms with E-state index in [0.29, 0.717) is 29.7 Å². The molecule has 0 aliphatic heterocycles. The molecule has 3 N–H and O–H groups in total. The third-order valence-electron chi connectivity index (χ3n) is 3.27. The van der Waals surface area contributed by atoms with E-state index in [0.717, 1.165) is 5.56 Å². The number of nitrogens with one attached hydrogen (secondary N) is 1. The average molecular weight is 311 g/mol. The van der Waals surface area contributed by atoms with E-state index in [9.17, 15) is 9.36 Å². The maximum atomic E-state index is 12.4. The number of para-hydroxylation sites is 1. The fraction of sp³-hybridized carbons (Fsp3) is 0.400. The maximum absolute atomic E-state index is 12.4. The van der Waals surface area contributed by atoms with E-state index >= 15 is 0 Å². The van der Waals surface area contributed by atoms with Crippen molar-refractivity contribution < 1.29 is 19.1 Å². The van der Waals surface area contributed by atoms with Gasteiger partial charge in [0.15, 0.2) is 0 Å². The summed E-state index contributed by atoms with van der Waals surface area (Å²) in [7, 11) is -4.17. The number of amides is 1. The molecule has 116 valence electrons. The zero-order valence-corrected chi connectivity index (χ0v) is 13.5. The molecule has 5 nitrogen and oxygen atoms in total. The molecule has 0 bridgehead atoms. The number of hydrogen-bond acceptors (Lipinski definition) is 2. The van der Waals surface area contributed by atoms with E-state index in [4.69, 9.17) is 9.79 Å². The zero-order chi connectivity index (χ0) is 16.0. The number of hydrogen-bond donors (Lipinski definition) is 3. The van der Waals surface area contributed by atoms with Gasteiger partial charge in [0.1, 0.15) is 0 Å². The summed E-state index contributed by atoms with van der Waals surface area (Å²) >= 11 is 0. The topological polar surface area (TPSA) is 86.6 Å². The second-order valence-electron chi connectivity index (χ2n) is 4.88. The Hall–Kier alpha value is -1.42. The molecule has 1 aromatic rings. The second-order valence-corrected chi connectivity index (χ2v) is 6.53. The molecule has 0 fully saturated rings. The van der Waals surface area contributed by atoms with E-state index in [1.54, 1.807) is 13.0 Å². The summed E-state index contributed by atoms with van der Waals surface area (Å²) in [6.45, 7) is 5.49. The van der Waals surface area contributed by atoms with Crippen LogP contribution in [0.15, 0.2) is 35.4 Å². The van der Waals surface area contributed by atoms with Gasteiger partial charge >= 0.3 is 7.60 Å². The third-order valence-corrected chi connectivity index (χ3v) is 4.06. The molecule has 0 saturated carbocycles. The molecule has 0 heterocycles. The molecular weight excluding hydrogens is 289 g/mol. The monoisotopic (exact) mass is 311 g/mol. The standard InChI is InChI=1S/C15H22NO4P/c1-4-12(10-21(18,19)20)13(5-2)15(17)16-14-9-7-6-8-11(14)3/h6-9H,4-5,10H2,1-3H3,(H,16,17)(H2,18,19,20). The van der Waals surface area contributed by atoms with Gasteiger partial charge in [-0.3, -0.25) is 9.36 Å². The lowest BCUT2D eigenvalue weighted by atomic mass is 10.0. The van der Waals surface area contributed by atoms with E-state index in [2.05, 4.69) is 5.32 Å². The Labute approximate surface area is 125 Å². The molecule has 0 atom stereocenters. The van der Waals surface area contributed by atoms with Gasteiger partial charge in [-0.1, -0.05) is 32.0 Å². The van der Waals surface area contributed by atoms with Crippen LogP contribution in [0.2, 0.25) is 0 Å². The van der Waals surface area contributed by atoms with Crippen molar-refractivity contribution in [3.05, 3.63) is 41.0 Å². The van der Waals surface area contributed by atoms with Crippen molar-refractivity contribution >= 4 is 19.2 Å². The lowest BCUT2D eigenvalue weighted by Gasteiger charge is -2.15. The molecule has 0 aliphatic rings. The van der Waals surface area contributed by atoms with Crippen LogP contribution < -0.4 is 5.32 Å². The van der Waals surface area contributed by atoms with Crippen molar-refractivity contribution in [1.29, 1.82) is 0 Å². The lowest BCUT2D eigenvalue weighted by Crippen LogP contribution is -2.17. The van der Waals surface area contributed by atoms with E-state index in [-0.39, 0.29) is 12.1 Å². The number of carbonyl (C=O) groups excluding carboxylic acids is 1. The number of benzene rings is 1. The lowest BCUT2D eigenvalue weighted by molar-refractivity contribution is -0.113. The molecule has 1 aromatic carbocycles. The quantitative estimate of drug-likeness (QED) is 0.556. The highest BCUT2D eigenvalue weighted by molar-refractivity contribution is 7.52. The summed E-state index contributed by atoms with van der Waals surface area (Å²) in [4.78, 5) is 30.6. The molecule has 0 radical (unpaired) electrons. The van der Waals surface area contributed by atoms with Crippen LogP contribution in [-0.2, 0) is 9.36 Å². The molecule has 0 unspecified atom stereocenters. The van der Waals surface area contributed by atoms with Gasteiger partial charge in [0.2, 0.25) is 0 Å². The number of anilines is 1. The predicted molar refractivity (Wildman–Crippen MR) is 84.3 cm³/mol. The number of rotatable bonds is 6. The molecule has 1 rings (SSSR count). The van der Waals surface area contributed by atoms with Gasteiger partial charge in [-0.15, -0.1) is 0 Å². The number of carbonyl (C=O) groups is 1. The first-order valence-corrected chi connectivity index (χ1v) is 8.70. The van der Waals surface area contributed by atoms with Gasteiger partial charge in [0.05, 0.1) is 6.16 Å². The molecule has 0 saturated heterocycles. The summed E-state index contributed by atoms with van der Waals surface area (Å²) in [5.41, 5.74) is 2.61. The minimum Gasteiger partial charge on any atom is -0.324 e. The van der Waals surface area contributed by atoms with Gasteiger partial charge in [-0.05, 0) is 37.0 Å². The Morgan fingerprint density at radius 2 is 1.81 bits per heavy atom. The van der Waals surface area contributed by atoms with E-state index < -0.39 is 7.60 Å². The highest BCUT2D eigenvalue weighted by atomic mass is 31.2. The smallest absolute Gasteiger partial charge is 0.324 e. The fourth-order valence-electron chi connectivity index (χ4n) is 2.15. The van der Waals surface area contributed by atoms with Crippen molar-refractivity contribution in [3.63, 3.8) is 0 Å². The molecule has 0 spiro atoms. The van der Waals surface area contributed by atoms with Gasteiger partial charge in [-0.2, -0.15) is 0 Å². The largest absolute Gasteiger partial charge is 0.329 e. The Morgan fingerprint density at radius 1 is 1.19 bits per heavy atom. The van der Waals surface area contributed by atoms with E-state index in [1.807, 2.05) is 32.0 Å². The minimum absolute atomic E-state index is 0.294. The average Bonchev–Trinajstić information content (AvgIpc) is 2.39. The van der Waals surface area contributed by atoms with Crippen molar-refractivity contribution in [2.75, 3.05) is 11.5 Å².